The van der Waals surface area contributed by atoms with Crippen molar-refractivity contribution in [3.8, 4) is 5.75 Å². The van der Waals surface area contributed by atoms with Crippen LogP contribution in [0.5, 0.6) is 5.75 Å². The largest absolute Gasteiger partial charge is 0.485 e. The lowest BCUT2D eigenvalue weighted by Gasteiger charge is -2.31. The molecule has 27 heavy (non-hydrogen) atoms. The van der Waals surface area contributed by atoms with Crippen molar-refractivity contribution in [2.75, 3.05) is 20.2 Å². The molecule has 1 aliphatic rings. The van der Waals surface area contributed by atoms with E-state index < -0.39 is 5.97 Å². The Morgan fingerprint density at radius 2 is 2.04 bits per heavy atom. The van der Waals surface area contributed by atoms with E-state index in [0.717, 1.165) is 5.56 Å². The van der Waals surface area contributed by atoms with Gasteiger partial charge in [-0.25, -0.2) is 4.79 Å². The van der Waals surface area contributed by atoms with E-state index in [1.54, 1.807) is 24.9 Å². The number of aromatic nitrogens is 1. The summed E-state index contributed by atoms with van der Waals surface area (Å²) in [5.41, 5.74) is 2.12. The number of esters is 1. The summed E-state index contributed by atoms with van der Waals surface area (Å²) in [5, 5.41) is 0. The number of nitrogens with zero attached hydrogens (tertiary/aromatic N) is 2. The molecule has 1 aliphatic heterocycles. The lowest BCUT2D eigenvalue weighted by atomic mass is 10.2. The van der Waals surface area contributed by atoms with E-state index in [2.05, 4.69) is 6.58 Å². The summed E-state index contributed by atoms with van der Waals surface area (Å²) >= 11 is 0. The first-order valence-corrected chi connectivity index (χ1v) is 8.99. The molecule has 0 aliphatic carbocycles. The Bertz CT molecular complexity index is 870. The molecule has 2 heterocycles. The summed E-state index contributed by atoms with van der Waals surface area (Å²) in [4.78, 5) is 27.2. The number of carbonyl (C=O) groups excluding carboxylic acids is 2. The van der Waals surface area contributed by atoms with Gasteiger partial charge in [-0.1, -0.05) is 36.9 Å². The third-order valence-electron chi connectivity index (χ3n) is 4.63. The second kappa shape index (κ2) is 7.70. The molecule has 0 radical (unpaired) electrons. The number of ether oxygens (including phenoxy) is 2. The number of likely N-dealkylation sites (N-methyl/N-ethyl adjacent to an activating group) is 1. The monoisotopic (exact) mass is 368 g/mol. The van der Waals surface area contributed by atoms with Crippen LogP contribution in [0.15, 0.2) is 36.9 Å². The molecule has 1 aromatic heterocycles. The Morgan fingerprint density at radius 3 is 2.67 bits per heavy atom. The maximum absolute atomic E-state index is 12.9. The van der Waals surface area contributed by atoms with Gasteiger partial charge < -0.3 is 18.9 Å². The Balaban J connectivity index is 2.14. The molecule has 1 amide bonds. The minimum absolute atomic E-state index is 0.0158. The highest BCUT2D eigenvalue weighted by Crippen LogP contribution is 2.38. The van der Waals surface area contributed by atoms with Crippen LogP contribution in [0.2, 0.25) is 0 Å². The number of hydrogen-bond acceptors (Lipinski definition) is 4. The summed E-state index contributed by atoms with van der Waals surface area (Å²) in [7, 11) is 1.74. The van der Waals surface area contributed by atoms with Crippen LogP contribution in [0.1, 0.15) is 52.0 Å². The van der Waals surface area contributed by atoms with Gasteiger partial charge in [0.1, 0.15) is 12.2 Å². The molecule has 3 rings (SSSR count). The van der Waals surface area contributed by atoms with Crippen molar-refractivity contribution in [3.63, 3.8) is 0 Å². The molecular formula is C21H24N2O4. The molecule has 0 fully saturated rings. The molecule has 142 valence electrons. The van der Waals surface area contributed by atoms with Gasteiger partial charge in [-0.3, -0.25) is 4.79 Å². The zero-order valence-electron chi connectivity index (χ0n) is 15.9. The van der Waals surface area contributed by atoms with Gasteiger partial charge in [-0.15, -0.1) is 0 Å². The fourth-order valence-corrected chi connectivity index (χ4v) is 3.46. The maximum atomic E-state index is 12.9. The van der Waals surface area contributed by atoms with Gasteiger partial charge >= 0.3 is 5.97 Å². The number of rotatable bonds is 6. The molecule has 1 atom stereocenters. The van der Waals surface area contributed by atoms with Gasteiger partial charge in [0, 0.05) is 19.6 Å². The lowest BCUT2D eigenvalue weighted by Crippen LogP contribution is -2.39. The number of benzene rings is 1. The Hall–Kier alpha value is -3.02. The van der Waals surface area contributed by atoms with Gasteiger partial charge in [-0.2, -0.15) is 0 Å². The highest BCUT2D eigenvalue weighted by molar-refractivity contribution is 6.05. The quantitative estimate of drug-likeness (QED) is 0.732. The summed E-state index contributed by atoms with van der Waals surface area (Å²) in [6.45, 7) is 8.60. The van der Waals surface area contributed by atoms with Crippen molar-refractivity contribution in [2.45, 2.75) is 26.5 Å². The van der Waals surface area contributed by atoms with E-state index in [-0.39, 0.29) is 36.5 Å². The minimum Gasteiger partial charge on any atom is -0.485 e. The van der Waals surface area contributed by atoms with Crippen molar-refractivity contribution in [3.05, 3.63) is 59.4 Å². The first-order chi connectivity index (χ1) is 13.0. The smallest absolute Gasteiger partial charge is 0.344 e. The molecular weight excluding hydrogens is 344 g/mol. The van der Waals surface area contributed by atoms with Crippen molar-refractivity contribution < 1.29 is 19.1 Å². The zero-order valence-corrected chi connectivity index (χ0v) is 15.9. The fourth-order valence-electron chi connectivity index (χ4n) is 3.46. The Labute approximate surface area is 159 Å². The highest BCUT2D eigenvalue weighted by atomic mass is 16.5. The standard InChI is InChI=1S/C21H24N2O4/c1-5-16-17(21(25)26-6-2)19(27-13-15-10-8-7-9-11-15)18-20(24)22(4)12-14(3)23(16)18/h5,7-11,14H,1,6,12-13H2,2-4H3. The van der Waals surface area contributed by atoms with Crippen molar-refractivity contribution in [1.82, 2.24) is 9.47 Å². The van der Waals surface area contributed by atoms with Crippen molar-refractivity contribution >= 4 is 18.0 Å². The second-order valence-corrected chi connectivity index (χ2v) is 6.54. The van der Waals surface area contributed by atoms with Crippen LogP contribution in [0, 0.1) is 0 Å². The van der Waals surface area contributed by atoms with E-state index in [1.165, 1.54) is 0 Å². The van der Waals surface area contributed by atoms with E-state index in [9.17, 15) is 9.59 Å². The van der Waals surface area contributed by atoms with Crippen LogP contribution in [0.3, 0.4) is 0 Å². The Morgan fingerprint density at radius 1 is 1.33 bits per heavy atom. The highest BCUT2D eigenvalue weighted by Gasteiger charge is 2.38. The molecule has 1 unspecified atom stereocenters. The van der Waals surface area contributed by atoms with Gasteiger partial charge in [0.05, 0.1) is 12.3 Å². The topological polar surface area (TPSA) is 60.8 Å². The summed E-state index contributed by atoms with van der Waals surface area (Å²) in [6.07, 6.45) is 1.58. The third kappa shape index (κ3) is 3.35. The lowest BCUT2D eigenvalue weighted by molar-refractivity contribution is 0.0521. The first-order valence-electron chi connectivity index (χ1n) is 8.99. The van der Waals surface area contributed by atoms with Gasteiger partial charge in [0.2, 0.25) is 0 Å². The molecule has 0 saturated carbocycles. The molecule has 6 nitrogen and oxygen atoms in total. The fraction of sp³-hybridized carbons (Fsp3) is 0.333. The molecule has 0 spiro atoms. The average molecular weight is 368 g/mol. The van der Waals surface area contributed by atoms with Gasteiger partial charge in [0.25, 0.3) is 5.91 Å². The SMILES string of the molecule is C=Cc1c(C(=O)OCC)c(OCc2ccccc2)c2n1C(C)CN(C)C2=O. The van der Waals surface area contributed by atoms with Crippen molar-refractivity contribution in [2.24, 2.45) is 0 Å². The zero-order chi connectivity index (χ0) is 19.6. The van der Waals surface area contributed by atoms with E-state index in [0.29, 0.717) is 17.9 Å². The molecule has 0 bridgehead atoms. The molecule has 0 saturated heterocycles. The number of carbonyl (C=O) groups is 2. The van der Waals surface area contributed by atoms with Crippen LogP contribution in [0.4, 0.5) is 0 Å². The van der Waals surface area contributed by atoms with Crippen LogP contribution in [0.25, 0.3) is 6.08 Å². The summed E-state index contributed by atoms with van der Waals surface area (Å²) in [6, 6.07) is 9.59. The van der Waals surface area contributed by atoms with E-state index in [1.807, 2.05) is 41.8 Å². The normalized spacial score (nSPS) is 16.0. The average Bonchev–Trinajstić information content (AvgIpc) is 3.00. The van der Waals surface area contributed by atoms with Gasteiger partial charge in [-0.05, 0) is 25.5 Å². The predicted molar refractivity (Wildman–Crippen MR) is 103 cm³/mol. The van der Waals surface area contributed by atoms with Gasteiger partial charge in [0.15, 0.2) is 11.4 Å². The summed E-state index contributed by atoms with van der Waals surface area (Å²) < 4.78 is 13.1. The van der Waals surface area contributed by atoms with Crippen molar-refractivity contribution in [1.29, 1.82) is 0 Å². The molecule has 0 N–H and O–H groups in total. The molecule has 1 aromatic carbocycles. The summed E-state index contributed by atoms with van der Waals surface area (Å²) in [5.74, 6) is -0.439. The predicted octanol–water partition coefficient (Wildman–Crippen LogP) is 3.53. The maximum Gasteiger partial charge on any atom is 0.344 e. The first kappa shape index (κ1) is 18.8. The van der Waals surface area contributed by atoms with Crippen LogP contribution < -0.4 is 4.74 Å². The third-order valence-corrected chi connectivity index (χ3v) is 4.63. The van der Waals surface area contributed by atoms with Crippen LogP contribution in [-0.2, 0) is 11.3 Å². The van der Waals surface area contributed by atoms with E-state index >= 15 is 0 Å². The Kier molecular flexibility index (Phi) is 5.35. The molecule has 2 aromatic rings. The number of hydrogen-bond donors (Lipinski definition) is 0. The number of fused-ring (bicyclic) bond motifs is 1. The molecule has 6 heteroatoms. The van der Waals surface area contributed by atoms with Crippen LogP contribution in [-0.4, -0.2) is 41.5 Å². The number of amides is 1. The van der Waals surface area contributed by atoms with Crippen LogP contribution >= 0.6 is 0 Å². The van der Waals surface area contributed by atoms with E-state index in [4.69, 9.17) is 9.47 Å². The minimum atomic E-state index is -0.514. The second-order valence-electron chi connectivity index (χ2n) is 6.54.